The summed E-state index contributed by atoms with van der Waals surface area (Å²) in [6, 6.07) is 18.6. The van der Waals surface area contributed by atoms with E-state index in [1.54, 1.807) is 18.2 Å². The number of benzene rings is 2. The zero-order chi connectivity index (χ0) is 19.3. The van der Waals surface area contributed by atoms with Crippen LogP contribution in [-0.2, 0) is 16.4 Å². The second kappa shape index (κ2) is 8.18. The van der Waals surface area contributed by atoms with Gasteiger partial charge in [-0.05, 0) is 36.6 Å². The van der Waals surface area contributed by atoms with Crippen molar-refractivity contribution in [3.05, 3.63) is 71.8 Å². The molecular formula is C20H21N3O3S. The number of nitrogens with zero attached hydrogens (tertiary/aromatic N) is 2. The molecule has 0 saturated carbocycles. The van der Waals surface area contributed by atoms with Gasteiger partial charge in [-0.1, -0.05) is 42.5 Å². The third kappa shape index (κ3) is 5.04. The van der Waals surface area contributed by atoms with Crippen molar-refractivity contribution in [3.8, 4) is 17.1 Å². The number of aryl methyl sites for hydroxylation is 2. The van der Waals surface area contributed by atoms with Gasteiger partial charge in [-0.25, -0.2) is 8.42 Å². The monoisotopic (exact) mass is 383 g/mol. The number of nitrogens with one attached hydrogen (secondary N) is 1. The van der Waals surface area contributed by atoms with E-state index in [2.05, 4.69) is 14.9 Å². The molecule has 6 nitrogen and oxygen atoms in total. The van der Waals surface area contributed by atoms with Gasteiger partial charge in [-0.3, -0.25) is 4.72 Å². The first-order valence-electron chi connectivity index (χ1n) is 8.50. The van der Waals surface area contributed by atoms with Gasteiger partial charge in [0.15, 0.2) is 0 Å². The van der Waals surface area contributed by atoms with Crippen LogP contribution in [-0.4, -0.2) is 31.5 Å². The Morgan fingerprint density at radius 1 is 1.00 bits per heavy atom. The van der Waals surface area contributed by atoms with E-state index in [1.807, 2.05) is 49.4 Å². The van der Waals surface area contributed by atoms with Crippen LogP contribution in [0.5, 0.6) is 5.88 Å². The lowest BCUT2D eigenvalue weighted by molar-refractivity contribution is 0.392. The van der Waals surface area contributed by atoms with Crippen molar-refractivity contribution >= 4 is 15.7 Å². The number of rotatable bonds is 7. The molecule has 0 aliphatic carbocycles. The van der Waals surface area contributed by atoms with E-state index in [-0.39, 0.29) is 5.75 Å². The zero-order valence-corrected chi connectivity index (χ0v) is 16.0. The Balaban J connectivity index is 1.77. The molecule has 1 N–H and O–H groups in total. The van der Waals surface area contributed by atoms with E-state index in [4.69, 9.17) is 4.74 Å². The van der Waals surface area contributed by atoms with Crippen molar-refractivity contribution in [1.29, 1.82) is 0 Å². The Bertz CT molecular complexity index is 1000. The molecule has 2 aromatic carbocycles. The molecule has 0 fully saturated rings. The molecule has 0 unspecified atom stereocenters. The number of hydrogen-bond acceptors (Lipinski definition) is 5. The smallest absolute Gasteiger partial charge is 0.233 e. The number of ether oxygens (including phenoxy) is 1. The van der Waals surface area contributed by atoms with Gasteiger partial charge < -0.3 is 4.74 Å². The molecule has 1 aromatic heterocycles. The van der Waals surface area contributed by atoms with Gasteiger partial charge >= 0.3 is 0 Å². The molecule has 0 spiro atoms. The summed E-state index contributed by atoms with van der Waals surface area (Å²) in [6.45, 7) is 1.86. The van der Waals surface area contributed by atoms with Crippen LogP contribution in [0.15, 0.2) is 60.7 Å². The standard InChI is InChI=1S/C20H21N3O3S/c1-15-8-9-17(18-10-11-20(26-2)22-21-18)14-19(15)23-27(24,25)13-12-16-6-4-3-5-7-16/h3-11,14,23H,12-13H2,1-2H3. The Kier molecular flexibility index (Phi) is 5.71. The molecule has 0 radical (unpaired) electrons. The molecule has 7 heteroatoms. The summed E-state index contributed by atoms with van der Waals surface area (Å²) in [5, 5.41) is 8.06. The molecule has 140 valence electrons. The fourth-order valence-electron chi connectivity index (χ4n) is 2.59. The van der Waals surface area contributed by atoms with E-state index < -0.39 is 10.0 Å². The minimum atomic E-state index is -3.47. The summed E-state index contributed by atoms with van der Waals surface area (Å²) < 4.78 is 32.7. The van der Waals surface area contributed by atoms with E-state index >= 15 is 0 Å². The first-order valence-corrected chi connectivity index (χ1v) is 10.2. The topological polar surface area (TPSA) is 81.2 Å². The lowest BCUT2D eigenvalue weighted by Crippen LogP contribution is -2.18. The first-order chi connectivity index (χ1) is 13.0. The summed E-state index contributed by atoms with van der Waals surface area (Å²) >= 11 is 0. The number of sulfonamides is 1. The molecular weight excluding hydrogens is 362 g/mol. The first kappa shape index (κ1) is 18.8. The molecule has 0 aliphatic rings. The second-order valence-corrected chi connectivity index (χ2v) is 7.99. The third-order valence-corrected chi connectivity index (χ3v) is 5.42. The summed E-state index contributed by atoms with van der Waals surface area (Å²) in [4.78, 5) is 0. The average Bonchev–Trinajstić information content (AvgIpc) is 2.69. The van der Waals surface area contributed by atoms with Gasteiger partial charge in [0.25, 0.3) is 0 Å². The van der Waals surface area contributed by atoms with Crippen LogP contribution in [0.2, 0.25) is 0 Å². The molecule has 3 rings (SSSR count). The molecule has 0 aliphatic heterocycles. The normalized spacial score (nSPS) is 11.2. The third-order valence-electron chi connectivity index (χ3n) is 4.15. The van der Waals surface area contributed by atoms with Crippen LogP contribution in [0.3, 0.4) is 0 Å². The largest absolute Gasteiger partial charge is 0.480 e. The zero-order valence-electron chi connectivity index (χ0n) is 15.2. The summed E-state index contributed by atoms with van der Waals surface area (Å²) in [6.07, 6.45) is 0.457. The van der Waals surface area contributed by atoms with Gasteiger partial charge in [0, 0.05) is 11.6 Å². The van der Waals surface area contributed by atoms with E-state index in [0.29, 0.717) is 23.7 Å². The maximum Gasteiger partial charge on any atom is 0.233 e. The lowest BCUT2D eigenvalue weighted by atomic mass is 10.1. The second-order valence-electron chi connectivity index (χ2n) is 6.15. The summed E-state index contributed by atoms with van der Waals surface area (Å²) in [5.74, 6) is 0.441. The van der Waals surface area contributed by atoms with Crippen molar-refractivity contribution in [2.24, 2.45) is 0 Å². The van der Waals surface area contributed by atoms with Crippen LogP contribution in [0.25, 0.3) is 11.3 Å². The van der Waals surface area contributed by atoms with Crippen LogP contribution in [0.1, 0.15) is 11.1 Å². The lowest BCUT2D eigenvalue weighted by Gasteiger charge is -2.12. The number of hydrogen-bond donors (Lipinski definition) is 1. The molecule has 1 heterocycles. The highest BCUT2D eigenvalue weighted by Gasteiger charge is 2.13. The van der Waals surface area contributed by atoms with E-state index in [9.17, 15) is 8.42 Å². The van der Waals surface area contributed by atoms with Gasteiger partial charge in [0.2, 0.25) is 15.9 Å². The number of methoxy groups -OCH3 is 1. The van der Waals surface area contributed by atoms with Crippen molar-refractivity contribution in [2.75, 3.05) is 17.6 Å². The molecule has 3 aromatic rings. The molecule has 0 saturated heterocycles. The SMILES string of the molecule is COc1ccc(-c2ccc(C)c(NS(=O)(=O)CCc3ccccc3)c2)nn1. The van der Waals surface area contributed by atoms with Crippen molar-refractivity contribution < 1.29 is 13.2 Å². The van der Waals surface area contributed by atoms with Crippen LogP contribution in [0, 0.1) is 6.92 Å². The van der Waals surface area contributed by atoms with E-state index in [1.165, 1.54) is 7.11 Å². The molecule has 27 heavy (non-hydrogen) atoms. The maximum absolute atomic E-state index is 12.5. The van der Waals surface area contributed by atoms with Gasteiger partial charge in [-0.2, -0.15) is 0 Å². The summed E-state index contributed by atoms with van der Waals surface area (Å²) in [5.41, 5.74) is 3.78. The Morgan fingerprint density at radius 3 is 2.44 bits per heavy atom. The Hall–Kier alpha value is -2.93. The molecule has 0 bridgehead atoms. The maximum atomic E-state index is 12.5. The van der Waals surface area contributed by atoms with Gasteiger partial charge in [0.05, 0.1) is 24.2 Å². The van der Waals surface area contributed by atoms with Gasteiger partial charge in [-0.15, -0.1) is 10.2 Å². The number of aromatic nitrogens is 2. The van der Waals surface area contributed by atoms with Crippen molar-refractivity contribution in [1.82, 2.24) is 10.2 Å². The predicted octanol–water partition coefficient (Wildman–Crippen LogP) is 3.45. The summed E-state index contributed by atoms with van der Waals surface area (Å²) in [7, 11) is -1.95. The minimum Gasteiger partial charge on any atom is -0.480 e. The van der Waals surface area contributed by atoms with Crippen LogP contribution >= 0.6 is 0 Å². The quantitative estimate of drug-likeness (QED) is 0.676. The van der Waals surface area contributed by atoms with Crippen LogP contribution < -0.4 is 9.46 Å². The highest BCUT2D eigenvalue weighted by atomic mass is 32.2. The fourth-order valence-corrected chi connectivity index (χ4v) is 3.75. The minimum absolute atomic E-state index is 0.0169. The fraction of sp³-hybridized carbons (Fsp3) is 0.200. The highest BCUT2D eigenvalue weighted by Crippen LogP contribution is 2.25. The van der Waals surface area contributed by atoms with Crippen molar-refractivity contribution in [3.63, 3.8) is 0 Å². The van der Waals surface area contributed by atoms with Gasteiger partial charge in [0.1, 0.15) is 0 Å². The van der Waals surface area contributed by atoms with E-state index in [0.717, 1.165) is 16.7 Å². The predicted molar refractivity (Wildman–Crippen MR) is 106 cm³/mol. The highest BCUT2D eigenvalue weighted by molar-refractivity contribution is 7.92. The Labute approximate surface area is 159 Å². The van der Waals surface area contributed by atoms with Crippen molar-refractivity contribution in [2.45, 2.75) is 13.3 Å². The van der Waals surface area contributed by atoms with Crippen LogP contribution in [0.4, 0.5) is 5.69 Å². The molecule has 0 atom stereocenters. The average molecular weight is 383 g/mol. The molecule has 0 amide bonds. The Morgan fingerprint density at radius 2 is 1.78 bits per heavy atom. The number of anilines is 1.